The van der Waals surface area contributed by atoms with Crippen LogP contribution in [0.25, 0.3) is 11.6 Å². The fraction of sp³-hybridized carbons (Fsp3) is 0.188. The molecular weight excluding hydrogens is 258 g/mol. The van der Waals surface area contributed by atoms with Crippen molar-refractivity contribution in [3.8, 4) is 5.75 Å². The van der Waals surface area contributed by atoms with Gasteiger partial charge in [-0.3, -0.25) is 4.98 Å². The molecule has 3 heteroatoms. The first-order chi connectivity index (χ1) is 8.83. The number of hydrogen-bond acceptors (Lipinski definition) is 2. The third kappa shape index (κ3) is 4.11. The molecule has 100 valence electrons. The molecule has 0 aliphatic rings. The highest BCUT2D eigenvalue weighted by atomic mass is 35.5. The predicted molar refractivity (Wildman–Crippen MR) is 82.6 cm³/mol. The van der Waals surface area contributed by atoms with Gasteiger partial charge in [0.05, 0.1) is 7.11 Å². The molecule has 0 atom stereocenters. The van der Waals surface area contributed by atoms with E-state index in [1.807, 2.05) is 42.7 Å². The number of aromatic nitrogens is 1. The lowest BCUT2D eigenvalue weighted by molar-refractivity contribution is 0.414. The van der Waals surface area contributed by atoms with E-state index in [-0.39, 0.29) is 12.4 Å². The van der Waals surface area contributed by atoms with Crippen LogP contribution in [0.5, 0.6) is 5.75 Å². The molecule has 0 fully saturated rings. The lowest BCUT2D eigenvalue weighted by Crippen LogP contribution is -1.85. The minimum atomic E-state index is 0. The Balaban J connectivity index is 0.00000180. The maximum atomic E-state index is 5.24. The minimum Gasteiger partial charge on any atom is -0.497 e. The third-order valence-corrected chi connectivity index (χ3v) is 2.87. The molecule has 0 aliphatic heterocycles. The summed E-state index contributed by atoms with van der Waals surface area (Å²) in [6.45, 7) is 2.16. The van der Waals surface area contributed by atoms with Crippen molar-refractivity contribution in [1.29, 1.82) is 0 Å². The lowest BCUT2D eigenvalue weighted by atomic mass is 10.0. The summed E-state index contributed by atoms with van der Waals surface area (Å²) in [6, 6.07) is 12.2. The van der Waals surface area contributed by atoms with E-state index < -0.39 is 0 Å². The summed E-state index contributed by atoms with van der Waals surface area (Å²) < 4.78 is 5.24. The number of halogens is 1. The fourth-order valence-electron chi connectivity index (χ4n) is 1.89. The van der Waals surface area contributed by atoms with Gasteiger partial charge >= 0.3 is 0 Å². The Morgan fingerprint density at radius 3 is 2.58 bits per heavy atom. The number of rotatable bonds is 4. The molecule has 2 nitrogen and oxygen atoms in total. The van der Waals surface area contributed by atoms with E-state index in [1.54, 1.807) is 7.11 Å². The molecule has 19 heavy (non-hydrogen) atoms. The first-order valence-electron chi connectivity index (χ1n) is 6.08. The molecule has 0 N–H and O–H groups in total. The summed E-state index contributed by atoms with van der Waals surface area (Å²) in [7, 11) is 1.69. The molecule has 0 radical (unpaired) electrons. The Morgan fingerprint density at radius 2 is 1.95 bits per heavy atom. The summed E-state index contributed by atoms with van der Waals surface area (Å²) in [5.41, 5.74) is 3.67. The second-order valence-corrected chi connectivity index (χ2v) is 4.04. The van der Waals surface area contributed by atoms with E-state index >= 15 is 0 Å². The van der Waals surface area contributed by atoms with E-state index in [0.717, 1.165) is 17.7 Å². The zero-order valence-electron chi connectivity index (χ0n) is 11.2. The molecule has 0 saturated carbocycles. The Bertz CT molecular complexity index is 537. The quantitative estimate of drug-likeness (QED) is 0.822. The third-order valence-electron chi connectivity index (χ3n) is 2.87. The van der Waals surface area contributed by atoms with Crippen LogP contribution in [0.2, 0.25) is 0 Å². The van der Waals surface area contributed by atoms with Gasteiger partial charge in [0.25, 0.3) is 0 Å². The van der Waals surface area contributed by atoms with Gasteiger partial charge in [0, 0.05) is 12.4 Å². The molecular formula is C16H18ClNO. The van der Waals surface area contributed by atoms with Crippen molar-refractivity contribution in [3.63, 3.8) is 0 Å². The average molecular weight is 276 g/mol. The Morgan fingerprint density at radius 1 is 1.21 bits per heavy atom. The molecule has 0 amide bonds. The summed E-state index contributed by atoms with van der Waals surface area (Å²) in [6.07, 6.45) is 6.83. The number of nitrogens with zero attached hydrogens (tertiary/aromatic N) is 1. The first kappa shape index (κ1) is 15.3. The van der Waals surface area contributed by atoms with E-state index in [0.29, 0.717) is 0 Å². The van der Waals surface area contributed by atoms with E-state index in [9.17, 15) is 0 Å². The fourth-order valence-corrected chi connectivity index (χ4v) is 1.89. The van der Waals surface area contributed by atoms with Gasteiger partial charge in [0.1, 0.15) is 5.75 Å². The van der Waals surface area contributed by atoms with Crippen LogP contribution in [0.1, 0.15) is 24.5 Å². The highest BCUT2D eigenvalue weighted by molar-refractivity contribution is 5.85. The summed E-state index contributed by atoms with van der Waals surface area (Å²) in [4.78, 5) is 4.05. The number of allylic oxidation sites excluding steroid dienone is 1. The molecule has 2 aromatic rings. The Labute approximate surface area is 120 Å². The number of pyridine rings is 1. The maximum Gasteiger partial charge on any atom is 0.119 e. The maximum absolute atomic E-state index is 5.24. The number of ether oxygens (including phenoxy) is 1. The van der Waals surface area contributed by atoms with Crippen molar-refractivity contribution in [1.82, 2.24) is 4.98 Å². The van der Waals surface area contributed by atoms with Crippen LogP contribution in [-0.2, 0) is 0 Å². The van der Waals surface area contributed by atoms with Crippen LogP contribution in [0.4, 0.5) is 0 Å². The zero-order chi connectivity index (χ0) is 12.8. The lowest BCUT2D eigenvalue weighted by Gasteiger charge is -2.06. The monoisotopic (exact) mass is 275 g/mol. The first-order valence-corrected chi connectivity index (χ1v) is 6.08. The van der Waals surface area contributed by atoms with Gasteiger partial charge in [0.15, 0.2) is 0 Å². The van der Waals surface area contributed by atoms with E-state index in [2.05, 4.69) is 24.1 Å². The van der Waals surface area contributed by atoms with Gasteiger partial charge in [-0.1, -0.05) is 25.1 Å². The molecule has 0 bridgehead atoms. The second kappa shape index (κ2) is 7.59. The van der Waals surface area contributed by atoms with Crippen molar-refractivity contribution in [2.75, 3.05) is 7.11 Å². The molecule has 0 aliphatic carbocycles. The number of benzene rings is 1. The normalized spacial score (nSPS) is 10.7. The summed E-state index contributed by atoms with van der Waals surface area (Å²) in [5, 5.41) is 0. The van der Waals surface area contributed by atoms with Gasteiger partial charge < -0.3 is 4.74 Å². The van der Waals surface area contributed by atoms with Crippen LogP contribution < -0.4 is 4.74 Å². The van der Waals surface area contributed by atoms with Crippen LogP contribution in [0.15, 0.2) is 48.8 Å². The number of hydrogen-bond donors (Lipinski definition) is 0. The second-order valence-electron chi connectivity index (χ2n) is 4.04. The van der Waals surface area contributed by atoms with Crippen molar-refractivity contribution >= 4 is 24.1 Å². The molecule has 1 aromatic heterocycles. The van der Waals surface area contributed by atoms with Gasteiger partial charge in [-0.2, -0.15) is 0 Å². The molecule has 0 unspecified atom stereocenters. The summed E-state index contributed by atoms with van der Waals surface area (Å²) in [5.74, 6) is 0.883. The number of methoxy groups -OCH3 is 1. The van der Waals surface area contributed by atoms with Gasteiger partial charge in [-0.15, -0.1) is 12.4 Å². The van der Waals surface area contributed by atoms with Crippen LogP contribution in [0, 0.1) is 0 Å². The average Bonchev–Trinajstić information content (AvgIpc) is 2.46. The van der Waals surface area contributed by atoms with Crippen molar-refractivity contribution in [2.24, 2.45) is 0 Å². The molecule has 0 spiro atoms. The predicted octanol–water partition coefficient (Wildman–Crippen LogP) is 4.46. The minimum absolute atomic E-state index is 0. The Kier molecular flexibility index (Phi) is 6.10. The van der Waals surface area contributed by atoms with Crippen molar-refractivity contribution < 1.29 is 4.74 Å². The van der Waals surface area contributed by atoms with Crippen LogP contribution >= 0.6 is 12.4 Å². The smallest absolute Gasteiger partial charge is 0.119 e. The highest BCUT2D eigenvalue weighted by Gasteiger charge is 2.00. The largest absolute Gasteiger partial charge is 0.497 e. The zero-order valence-corrected chi connectivity index (χ0v) is 12.0. The Hall–Kier alpha value is -1.80. The van der Waals surface area contributed by atoms with Gasteiger partial charge in [0.2, 0.25) is 0 Å². The molecule has 0 saturated heterocycles. The van der Waals surface area contributed by atoms with Gasteiger partial charge in [-0.05, 0) is 47.4 Å². The molecule has 1 aromatic carbocycles. The van der Waals surface area contributed by atoms with Crippen molar-refractivity contribution in [3.05, 3.63) is 59.9 Å². The highest BCUT2D eigenvalue weighted by Crippen LogP contribution is 2.22. The molecule has 1 heterocycles. The topological polar surface area (TPSA) is 22.1 Å². The van der Waals surface area contributed by atoms with Crippen LogP contribution in [0.3, 0.4) is 0 Å². The SMILES string of the molecule is CC/C(=C\c1cccc(OC)c1)c1ccncc1.Cl. The van der Waals surface area contributed by atoms with Crippen molar-refractivity contribution in [2.45, 2.75) is 13.3 Å². The molecule has 2 rings (SSSR count). The van der Waals surface area contributed by atoms with E-state index in [1.165, 1.54) is 11.1 Å². The van der Waals surface area contributed by atoms with E-state index in [4.69, 9.17) is 4.74 Å². The summed E-state index contributed by atoms with van der Waals surface area (Å²) >= 11 is 0. The standard InChI is InChI=1S/C16H17NO.ClH/c1-3-14(15-7-9-17-10-8-15)11-13-5-4-6-16(12-13)18-2;/h4-12H,3H2,1-2H3;1H/b14-11+;. The van der Waals surface area contributed by atoms with Gasteiger partial charge in [-0.25, -0.2) is 0 Å². The van der Waals surface area contributed by atoms with Crippen LogP contribution in [-0.4, -0.2) is 12.1 Å².